The molecule has 1 nitrogen and oxygen atoms in total. The summed E-state index contributed by atoms with van der Waals surface area (Å²) in [5.74, 6) is -0.651. The standard InChI is InChI=1S/C16H23F2NS/c1-10-7-16(18)14(9-15(10)17)11(2)19-12-5-4-6-13(8-12)20-3/h7,9,11-13,19H,4-6,8H2,1-3H3. The summed E-state index contributed by atoms with van der Waals surface area (Å²) in [5.41, 5.74) is 0.790. The lowest BCUT2D eigenvalue weighted by molar-refractivity contribution is 0.348. The largest absolute Gasteiger partial charge is 0.307 e. The Labute approximate surface area is 124 Å². The fourth-order valence-electron chi connectivity index (χ4n) is 2.95. The van der Waals surface area contributed by atoms with E-state index in [0.717, 1.165) is 12.8 Å². The lowest BCUT2D eigenvalue weighted by atomic mass is 9.93. The highest BCUT2D eigenvalue weighted by Gasteiger charge is 2.23. The molecule has 0 heterocycles. The normalized spacial score (nSPS) is 24.6. The van der Waals surface area contributed by atoms with E-state index in [2.05, 4.69) is 11.6 Å². The van der Waals surface area contributed by atoms with Gasteiger partial charge in [-0.2, -0.15) is 11.8 Å². The molecule has 1 aliphatic rings. The van der Waals surface area contributed by atoms with Crippen LogP contribution in [0.4, 0.5) is 8.78 Å². The Balaban J connectivity index is 2.04. The second-order valence-corrected chi connectivity index (χ2v) is 6.87. The average Bonchev–Trinajstić information content (AvgIpc) is 2.43. The molecule has 0 bridgehead atoms. The van der Waals surface area contributed by atoms with Crippen LogP contribution < -0.4 is 5.32 Å². The zero-order valence-electron chi connectivity index (χ0n) is 12.4. The summed E-state index contributed by atoms with van der Waals surface area (Å²) in [6.07, 6.45) is 6.85. The Morgan fingerprint density at radius 1 is 1.25 bits per heavy atom. The third-order valence-corrected chi connectivity index (χ3v) is 5.28. The molecule has 0 spiro atoms. The molecule has 3 unspecified atom stereocenters. The van der Waals surface area contributed by atoms with Crippen LogP contribution in [0.2, 0.25) is 0 Å². The third-order valence-electron chi connectivity index (χ3n) is 4.19. The molecule has 20 heavy (non-hydrogen) atoms. The number of benzene rings is 1. The molecule has 3 atom stereocenters. The van der Waals surface area contributed by atoms with Crippen molar-refractivity contribution < 1.29 is 8.78 Å². The van der Waals surface area contributed by atoms with E-state index in [0.29, 0.717) is 22.4 Å². The molecule has 0 aromatic heterocycles. The summed E-state index contributed by atoms with van der Waals surface area (Å²) in [5, 5.41) is 4.15. The second-order valence-electron chi connectivity index (χ2n) is 5.73. The Kier molecular flexibility index (Phi) is 5.44. The SMILES string of the molecule is CSC1CCCC(NC(C)c2cc(F)c(C)cc2F)C1. The van der Waals surface area contributed by atoms with Crippen molar-refractivity contribution in [2.75, 3.05) is 6.26 Å². The lowest BCUT2D eigenvalue weighted by Gasteiger charge is -2.31. The van der Waals surface area contributed by atoms with Gasteiger partial charge in [0.15, 0.2) is 0 Å². The van der Waals surface area contributed by atoms with E-state index in [9.17, 15) is 8.78 Å². The van der Waals surface area contributed by atoms with E-state index in [-0.39, 0.29) is 17.7 Å². The van der Waals surface area contributed by atoms with Gasteiger partial charge in [-0.05, 0) is 57.1 Å². The fraction of sp³-hybridized carbons (Fsp3) is 0.625. The maximum Gasteiger partial charge on any atom is 0.128 e. The van der Waals surface area contributed by atoms with Gasteiger partial charge in [0.05, 0.1) is 0 Å². The van der Waals surface area contributed by atoms with Crippen molar-refractivity contribution in [1.29, 1.82) is 0 Å². The van der Waals surface area contributed by atoms with Crippen LogP contribution in [0.15, 0.2) is 12.1 Å². The number of aryl methyl sites for hydroxylation is 1. The van der Waals surface area contributed by atoms with Crippen molar-refractivity contribution >= 4 is 11.8 Å². The predicted octanol–water partition coefficient (Wildman–Crippen LogP) is 4.60. The number of hydrogen-bond donors (Lipinski definition) is 1. The van der Waals surface area contributed by atoms with Crippen LogP contribution in [0, 0.1) is 18.6 Å². The van der Waals surface area contributed by atoms with E-state index in [4.69, 9.17) is 0 Å². The second kappa shape index (κ2) is 6.90. The molecule has 2 rings (SSSR count). The first-order valence-electron chi connectivity index (χ1n) is 7.25. The van der Waals surface area contributed by atoms with E-state index in [1.807, 2.05) is 18.7 Å². The summed E-state index contributed by atoms with van der Waals surface area (Å²) in [6, 6.07) is 2.86. The van der Waals surface area contributed by atoms with Gasteiger partial charge in [-0.25, -0.2) is 8.78 Å². The number of hydrogen-bond acceptors (Lipinski definition) is 2. The van der Waals surface area contributed by atoms with E-state index < -0.39 is 0 Å². The van der Waals surface area contributed by atoms with Gasteiger partial charge in [0.25, 0.3) is 0 Å². The number of rotatable bonds is 4. The fourth-order valence-corrected chi connectivity index (χ4v) is 3.77. The maximum atomic E-state index is 14.0. The predicted molar refractivity (Wildman–Crippen MR) is 82.2 cm³/mol. The third kappa shape index (κ3) is 3.73. The van der Waals surface area contributed by atoms with Gasteiger partial charge in [-0.3, -0.25) is 0 Å². The van der Waals surface area contributed by atoms with Crippen LogP contribution in [0.25, 0.3) is 0 Å². The molecule has 1 fully saturated rings. The van der Waals surface area contributed by atoms with Gasteiger partial charge in [0.1, 0.15) is 11.6 Å². The number of nitrogens with one attached hydrogen (secondary N) is 1. The van der Waals surface area contributed by atoms with Crippen molar-refractivity contribution in [3.8, 4) is 0 Å². The van der Waals surface area contributed by atoms with Crippen LogP contribution in [0.5, 0.6) is 0 Å². The zero-order valence-corrected chi connectivity index (χ0v) is 13.2. The molecule has 0 amide bonds. The molecule has 1 aromatic rings. The molecular weight excluding hydrogens is 276 g/mol. The smallest absolute Gasteiger partial charge is 0.128 e. The van der Waals surface area contributed by atoms with Crippen molar-refractivity contribution in [2.45, 2.75) is 56.9 Å². The molecule has 4 heteroatoms. The van der Waals surface area contributed by atoms with E-state index >= 15 is 0 Å². The highest BCUT2D eigenvalue weighted by Crippen LogP contribution is 2.29. The highest BCUT2D eigenvalue weighted by atomic mass is 32.2. The van der Waals surface area contributed by atoms with Crippen molar-refractivity contribution in [3.63, 3.8) is 0 Å². The monoisotopic (exact) mass is 299 g/mol. The lowest BCUT2D eigenvalue weighted by Crippen LogP contribution is -2.37. The van der Waals surface area contributed by atoms with Gasteiger partial charge in [-0.1, -0.05) is 6.42 Å². The summed E-state index contributed by atoms with van der Waals surface area (Å²) >= 11 is 1.91. The number of halogens is 2. The van der Waals surface area contributed by atoms with Crippen LogP contribution in [0.1, 0.15) is 49.8 Å². The van der Waals surface area contributed by atoms with Gasteiger partial charge < -0.3 is 5.32 Å². The summed E-state index contributed by atoms with van der Waals surface area (Å²) in [6.45, 7) is 3.50. The molecule has 0 aliphatic heterocycles. The summed E-state index contributed by atoms with van der Waals surface area (Å²) in [4.78, 5) is 0. The molecule has 112 valence electrons. The van der Waals surface area contributed by atoms with Gasteiger partial charge in [0, 0.05) is 22.9 Å². The van der Waals surface area contributed by atoms with Crippen molar-refractivity contribution in [2.24, 2.45) is 0 Å². The minimum absolute atomic E-state index is 0.157. The quantitative estimate of drug-likeness (QED) is 0.872. The van der Waals surface area contributed by atoms with Gasteiger partial charge in [-0.15, -0.1) is 0 Å². The van der Waals surface area contributed by atoms with Gasteiger partial charge >= 0.3 is 0 Å². The molecule has 1 saturated carbocycles. The molecule has 1 aromatic carbocycles. The van der Waals surface area contributed by atoms with Crippen LogP contribution in [-0.4, -0.2) is 17.5 Å². The van der Waals surface area contributed by atoms with Crippen molar-refractivity contribution in [3.05, 3.63) is 34.9 Å². The highest BCUT2D eigenvalue weighted by molar-refractivity contribution is 7.99. The van der Waals surface area contributed by atoms with Crippen molar-refractivity contribution in [1.82, 2.24) is 5.32 Å². The Morgan fingerprint density at radius 3 is 2.70 bits per heavy atom. The Morgan fingerprint density at radius 2 is 2.00 bits per heavy atom. The van der Waals surface area contributed by atoms with E-state index in [1.54, 1.807) is 6.92 Å². The Bertz CT molecular complexity index is 464. The number of thioether (sulfide) groups is 1. The minimum atomic E-state index is -0.333. The maximum absolute atomic E-state index is 14.0. The van der Waals surface area contributed by atoms with E-state index in [1.165, 1.54) is 25.0 Å². The van der Waals surface area contributed by atoms with Crippen LogP contribution in [-0.2, 0) is 0 Å². The first-order valence-corrected chi connectivity index (χ1v) is 8.54. The summed E-state index contributed by atoms with van der Waals surface area (Å²) in [7, 11) is 0. The summed E-state index contributed by atoms with van der Waals surface area (Å²) < 4.78 is 27.6. The first kappa shape index (κ1) is 15.8. The first-order chi connectivity index (χ1) is 9.51. The average molecular weight is 299 g/mol. The molecule has 1 aliphatic carbocycles. The van der Waals surface area contributed by atoms with Crippen LogP contribution >= 0.6 is 11.8 Å². The minimum Gasteiger partial charge on any atom is -0.307 e. The van der Waals surface area contributed by atoms with Gasteiger partial charge in [0.2, 0.25) is 0 Å². The molecular formula is C16H23F2NS. The molecule has 0 radical (unpaired) electrons. The Hall–Kier alpha value is -0.610. The topological polar surface area (TPSA) is 12.0 Å². The molecule has 1 N–H and O–H groups in total. The zero-order chi connectivity index (χ0) is 14.7. The molecule has 0 saturated heterocycles. The van der Waals surface area contributed by atoms with Crippen LogP contribution in [0.3, 0.4) is 0 Å².